The van der Waals surface area contributed by atoms with Gasteiger partial charge in [0.15, 0.2) is 11.2 Å². The van der Waals surface area contributed by atoms with E-state index in [1.807, 2.05) is 30.3 Å². The Balaban J connectivity index is 1.53. The molecule has 0 amide bonds. The molecule has 11 heteroatoms. The monoisotopic (exact) mass is 472 g/mol. The fourth-order valence-corrected chi connectivity index (χ4v) is 4.06. The number of nitrogens with one attached hydrogen (secondary N) is 1. The van der Waals surface area contributed by atoms with Crippen molar-refractivity contribution in [1.29, 1.82) is 0 Å². The molecule has 0 radical (unpaired) electrons. The Kier molecular flexibility index (Phi) is 7.66. The number of anilines is 1. The summed E-state index contributed by atoms with van der Waals surface area (Å²) in [6, 6.07) is 9.22. The third kappa shape index (κ3) is 5.32. The highest BCUT2D eigenvalue weighted by Gasteiger charge is 2.21. The van der Waals surface area contributed by atoms with E-state index < -0.39 is 17.4 Å². The van der Waals surface area contributed by atoms with Crippen molar-refractivity contribution in [1.82, 2.24) is 23.6 Å². The summed E-state index contributed by atoms with van der Waals surface area (Å²) in [5.41, 5.74) is -0.365. The first-order valence-electron chi connectivity index (χ1n) is 11.5. The molecular formula is C23H32N6O5. The lowest BCUT2D eigenvalue weighted by molar-refractivity contribution is 0.0378. The SMILES string of the molecule is Cn1c(=O)c2c(nc(NCCCN3CCOCC3)n2C[C@H](O)COc2ccccc2)n(C)c1=O. The molecule has 34 heavy (non-hydrogen) atoms. The Bertz CT molecular complexity index is 1210. The summed E-state index contributed by atoms with van der Waals surface area (Å²) >= 11 is 0. The van der Waals surface area contributed by atoms with Crippen LogP contribution in [-0.4, -0.2) is 80.8 Å². The fraction of sp³-hybridized carbons (Fsp3) is 0.522. The van der Waals surface area contributed by atoms with Gasteiger partial charge in [-0.3, -0.25) is 18.8 Å². The second-order valence-electron chi connectivity index (χ2n) is 8.44. The summed E-state index contributed by atoms with van der Waals surface area (Å²) in [5, 5.41) is 14.0. The van der Waals surface area contributed by atoms with Gasteiger partial charge in [0, 0.05) is 33.7 Å². The van der Waals surface area contributed by atoms with E-state index in [2.05, 4.69) is 15.2 Å². The van der Waals surface area contributed by atoms with Crippen LogP contribution >= 0.6 is 0 Å². The molecule has 184 valence electrons. The number of benzene rings is 1. The van der Waals surface area contributed by atoms with Crippen molar-refractivity contribution in [2.75, 3.05) is 51.3 Å². The van der Waals surface area contributed by atoms with E-state index in [1.54, 1.807) is 11.6 Å². The topological polar surface area (TPSA) is 116 Å². The first-order chi connectivity index (χ1) is 16.5. The number of ether oxygens (including phenoxy) is 2. The molecule has 0 spiro atoms. The summed E-state index contributed by atoms with van der Waals surface area (Å²) < 4.78 is 15.1. The number of aryl methyl sites for hydroxylation is 1. The number of rotatable bonds is 10. The Morgan fingerprint density at radius 2 is 1.88 bits per heavy atom. The predicted octanol–water partition coefficient (Wildman–Crippen LogP) is 0.00780. The van der Waals surface area contributed by atoms with E-state index in [-0.39, 0.29) is 24.3 Å². The lowest BCUT2D eigenvalue weighted by Gasteiger charge is -2.26. The van der Waals surface area contributed by atoms with E-state index in [0.717, 1.165) is 43.8 Å². The van der Waals surface area contributed by atoms with Crippen molar-refractivity contribution in [3.05, 3.63) is 51.2 Å². The van der Waals surface area contributed by atoms with Gasteiger partial charge in [0.05, 0.1) is 19.8 Å². The van der Waals surface area contributed by atoms with Crippen molar-refractivity contribution >= 4 is 17.1 Å². The molecule has 2 N–H and O–H groups in total. The van der Waals surface area contributed by atoms with Crippen molar-refractivity contribution in [3.63, 3.8) is 0 Å². The van der Waals surface area contributed by atoms with Gasteiger partial charge < -0.3 is 24.5 Å². The van der Waals surface area contributed by atoms with Crippen molar-refractivity contribution in [2.24, 2.45) is 14.1 Å². The minimum atomic E-state index is -0.895. The van der Waals surface area contributed by atoms with Gasteiger partial charge in [-0.15, -0.1) is 0 Å². The van der Waals surface area contributed by atoms with Crippen molar-refractivity contribution in [3.8, 4) is 5.75 Å². The molecule has 1 aliphatic rings. The predicted molar refractivity (Wildman–Crippen MR) is 129 cm³/mol. The number of nitrogens with zero attached hydrogens (tertiary/aromatic N) is 5. The highest BCUT2D eigenvalue weighted by molar-refractivity contribution is 5.74. The second-order valence-corrected chi connectivity index (χ2v) is 8.44. The maximum atomic E-state index is 13.0. The molecule has 11 nitrogen and oxygen atoms in total. The van der Waals surface area contributed by atoms with Crippen LogP contribution in [0, 0.1) is 0 Å². The largest absolute Gasteiger partial charge is 0.491 e. The maximum absolute atomic E-state index is 13.0. The van der Waals surface area contributed by atoms with Crippen LogP contribution in [0.3, 0.4) is 0 Å². The molecule has 1 atom stereocenters. The Hall–Kier alpha value is -3.15. The average molecular weight is 473 g/mol. The summed E-state index contributed by atoms with van der Waals surface area (Å²) in [6.07, 6.45) is -0.0201. The number of aliphatic hydroxyl groups is 1. The van der Waals surface area contributed by atoms with Gasteiger partial charge >= 0.3 is 5.69 Å². The molecule has 0 saturated carbocycles. The molecule has 0 bridgehead atoms. The smallest absolute Gasteiger partial charge is 0.332 e. The zero-order valence-electron chi connectivity index (χ0n) is 19.6. The van der Waals surface area contributed by atoms with E-state index in [0.29, 0.717) is 18.2 Å². The van der Waals surface area contributed by atoms with E-state index in [4.69, 9.17) is 9.47 Å². The third-order valence-electron chi connectivity index (χ3n) is 5.96. The first kappa shape index (κ1) is 24.0. The minimum Gasteiger partial charge on any atom is -0.491 e. The van der Waals surface area contributed by atoms with Crippen LogP contribution in [0.4, 0.5) is 5.95 Å². The van der Waals surface area contributed by atoms with Gasteiger partial charge in [0.25, 0.3) is 5.56 Å². The van der Waals surface area contributed by atoms with Crippen LogP contribution in [-0.2, 0) is 25.4 Å². The van der Waals surface area contributed by atoms with E-state index >= 15 is 0 Å². The number of aliphatic hydroxyl groups excluding tert-OH is 1. The van der Waals surface area contributed by atoms with Gasteiger partial charge in [0.1, 0.15) is 18.5 Å². The van der Waals surface area contributed by atoms with Crippen LogP contribution in [0.25, 0.3) is 11.2 Å². The van der Waals surface area contributed by atoms with Crippen molar-refractivity contribution in [2.45, 2.75) is 19.1 Å². The molecule has 3 heterocycles. The Labute approximate surface area is 197 Å². The highest BCUT2D eigenvalue weighted by Crippen LogP contribution is 2.17. The van der Waals surface area contributed by atoms with E-state index in [1.165, 1.54) is 11.6 Å². The summed E-state index contributed by atoms with van der Waals surface area (Å²) in [7, 11) is 3.02. The second kappa shape index (κ2) is 10.9. The van der Waals surface area contributed by atoms with Gasteiger partial charge in [0.2, 0.25) is 5.95 Å². The Morgan fingerprint density at radius 1 is 1.15 bits per heavy atom. The zero-order chi connectivity index (χ0) is 24.1. The Morgan fingerprint density at radius 3 is 2.62 bits per heavy atom. The van der Waals surface area contributed by atoms with Crippen molar-refractivity contribution < 1.29 is 14.6 Å². The number of morpholine rings is 1. The molecule has 2 aromatic heterocycles. The van der Waals surface area contributed by atoms with Crippen LogP contribution < -0.4 is 21.3 Å². The third-order valence-corrected chi connectivity index (χ3v) is 5.96. The number of aromatic nitrogens is 4. The molecule has 1 fully saturated rings. The molecular weight excluding hydrogens is 440 g/mol. The lowest BCUT2D eigenvalue weighted by atomic mass is 10.3. The average Bonchev–Trinajstić information content (AvgIpc) is 3.22. The number of para-hydroxylation sites is 1. The molecule has 1 aromatic carbocycles. The first-order valence-corrected chi connectivity index (χ1v) is 11.5. The van der Waals surface area contributed by atoms with Crippen LogP contribution in [0.5, 0.6) is 5.75 Å². The summed E-state index contributed by atoms with van der Waals surface area (Å²) in [4.78, 5) is 32.3. The normalized spacial score (nSPS) is 15.5. The van der Waals surface area contributed by atoms with Crippen LogP contribution in [0.15, 0.2) is 39.9 Å². The van der Waals surface area contributed by atoms with Crippen LogP contribution in [0.2, 0.25) is 0 Å². The van der Waals surface area contributed by atoms with E-state index in [9.17, 15) is 14.7 Å². The molecule has 4 rings (SSSR count). The summed E-state index contributed by atoms with van der Waals surface area (Å²) in [6.45, 7) is 5.03. The molecule has 3 aromatic rings. The van der Waals surface area contributed by atoms with Gasteiger partial charge in [-0.2, -0.15) is 4.98 Å². The van der Waals surface area contributed by atoms with Crippen LogP contribution in [0.1, 0.15) is 6.42 Å². The van der Waals surface area contributed by atoms with Gasteiger partial charge in [-0.05, 0) is 25.1 Å². The number of fused-ring (bicyclic) bond motifs is 1. The summed E-state index contributed by atoms with van der Waals surface area (Å²) in [5.74, 6) is 1.09. The lowest BCUT2D eigenvalue weighted by Crippen LogP contribution is -2.38. The molecule has 1 saturated heterocycles. The minimum absolute atomic E-state index is 0.0479. The quantitative estimate of drug-likeness (QED) is 0.397. The maximum Gasteiger partial charge on any atom is 0.332 e. The number of hydrogen-bond donors (Lipinski definition) is 2. The van der Waals surface area contributed by atoms with Gasteiger partial charge in [-0.1, -0.05) is 18.2 Å². The fourth-order valence-electron chi connectivity index (χ4n) is 4.06. The van der Waals surface area contributed by atoms with Gasteiger partial charge in [-0.25, -0.2) is 4.79 Å². The molecule has 1 aliphatic heterocycles. The standard InChI is InChI=1S/C23H32N6O5/c1-26-20-19(21(31)27(2)23(26)32)29(15-17(30)16-34-18-7-4-3-5-8-18)22(25-20)24-9-6-10-28-11-13-33-14-12-28/h3-5,7-8,17,30H,6,9-16H2,1-2H3,(H,24,25)/t17-/m0/s1. The number of hydrogen-bond acceptors (Lipinski definition) is 8. The number of imidazole rings is 1. The molecule has 0 unspecified atom stereocenters. The highest BCUT2D eigenvalue weighted by atomic mass is 16.5. The zero-order valence-corrected chi connectivity index (χ0v) is 19.6. The molecule has 0 aliphatic carbocycles.